The molecular weight excluding hydrogens is 279 g/mol. The molecule has 0 heterocycles. The molecule has 1 atom stereocenters. The van der Waals surface area contributed by atoms with E-state index in [1.165, 1.54) is 12.1 Å². The van der Waals surface area contributed by atoms with Gasteiger partial charge >= 0.3 is 0 Å². The van der Waals surface area contributed by atoms with Crippen LogP contribution < -0.4 is 15.8 Å². The summed E-state index contributed by atoms with van der Waals surface area (Å²) in [6.45, 7) is 0.245. The van der Waals surface area contributed by atoms with E-state index in [2.05, 4.69) is 5.32 Å². The predicted molar refractivity (Wildman–Crippen MR) is 79.8 cm³/mol. The van der Waals surface area contributed by atoms with Crippen LogP contribution in [0, 0.1) is 5.82 Å². The van der Waals surface area contributed by atoms with Crippen LogP contribution in [-0.2, 0) is 0 Å². The Labute approximate surface area is 122 Å². The number of anilines is 1. The van der Waals surface area contributed by atoms with Crippen molar-refractivity contribution in [2.24, 2.45) is 5.73 Å². The Morgan fingerprint density at radius 3 is 2.80 bits per heavy atom. The van der Waals surface area contributed by atoms with E-state index < -0.39 is 0 Å². The lowest BCUT2D eigenvalue weighted by Gasteiger charge is -2.20. The molecule has 0 radical (unpaired) electrons. The van der Waals surface area contributed by atoms with E-state index in [-0.39, 0.29) is 18.4 Å². The molecule has 0 bridgehead atoms. The van der Waals surface area contributed by atoms with E-state index >= 15 is 0 Å². The first-order valence-corrected chi connectivity index (χ1v) is 6.57. The minimum Gasteiger partial charge on any atom is -0.497 e. The van der Waals surface area contributed by atoms with Gasteiger partial charge in [-0.05, 0) is 30.3 Å². The summed E-state index contributed by atoms with van der Waals surface area (Å²) in [6.07, 6.45) is 0. The summed E-state index contributed by atoms with van der Waals surface area (Å²) in [4.78, 5) is 0. The zero-order valence-corrected chi connectivity index (χ0v) is 11.8. The molecule has 106 valence electrons. The number of ether oxygens (including phenoxy) is 1. The van der Waals surface area contributed by atoms with Crippen LogP contribution in [0.1, 0.15) is 11.6 Å². The molecule has 3 nitrogen and oxygen atoms in total. The quantitative estimate of drug-likeness (QED) is 0.886. The average Bonchev–Trinajstić information content (AvgIpc) is 2.47. The largest absolute Gasteiger partial charge is 0.497 e. The summed E-state index contributed by atoms with van der Waals surface area (Å²) in [6, 6.07) is 11.5. The number of benzene rings is 2. The molecule has 0 amide bonds. The molecule has 2 aromatic rings. The van der Waals surface area contributed by atoms with Crippen LogP contribution in [0.5, 0.6) is 5.75 Å². The normalized spacial score (nSPS) is 12.0. The van der Waals surface area contributed by atoms with Crippen LogP contribution >= 0.6 is 11.6 Å². The Morgan fingerprint density at radius 2 is 2.10 bits per heavy atom. The van der Waals surface area contributed by atoms with Crippen molar-refractivity contribution in [1.29, 1.82) is 0 Å². The average molecular weight is 295 g/mol. The van der Waals surface area contributed by atoms with Crippen LogP contribution in [0.15, 0.2) is 42.5 Å². The van der Waals surface area contributed by atoms with Crippen LogP contribution in [0.3, 0.4) is 0 Å². The van der Waals surface area contributed by atoms with E-state index in [0.29, 0.717) is 10.6 Å². The van der Waals surface area contributed by atoms with Gasteiger partial charge in [0.05, 0.1) is 13.2 Å². The number of hydrogen-bond acceptors (Lipinski definition) is 3. The lowest BCUT2D eigenvalue weighted by Crippen LogP contribution is -2.21. The molecule has 0 saturated carbocycles. The highest BCUT2D eigenvalue weighted by atomic mass is 35.5. The molecule has 5 heteroatoms. The van der Waals surface area contributed by atoms with Gasteiger partial charge in [0, 0.05) is 28.9 Å². The lowest BCUT2D eigenvalue weighted by molar-refractivity contribution is 0.415. The van der Waals surface area contributed by atoms with Gasteiger partial charge in [-0.2, -0.15) is 0 Å². The molecule has 0 saturated heterocycles. The van der Waals surface area contributed by atoms with Crippen LogP contribution in [0.2, 0.25) is 5.02 Å². The maximum absolute atomic E-state index is 13.9. The van der Waals surface area contributed by atoms with Crippen molar-refractivity contribution in [2.45, 2.75) is 6.04 Å². The van der Waals surface area contributed by atoms with Gasteiger partial charge in [-0.15, -0.1) is 0 Å². The minimum atomic E-state index is -0.360. The second-order valence-corrected chi connectivity index (χ2v) is 4.77. The first kappa shape index (κ1) is 14.6. The Bertz CT molecular complexity index is 592. The monoisotopic (exact) mass is 294 g/mol. The lowest BCUT2D eigenvalue weighted by atomic mass is 10.1. The molecule has 2 aromatic carbocycles. The standard InChI is InChI=1S/C15H16ClFN2O/c1-20-12-4-2-3-11(8-12)19-15(9-18)13-7-10(16)5-6-14(13)17/h2-8,15,19H,9,18H2,1H3. The summed E-state index contributed by atoms with van der Waals surface area (Å²) in [5, 5.41) is 3.66. The summed E-state index contributed by atoms with van der Waals surface area (Å²) in [5.41, 5.74) is 6.99. The molecule has 1 unspecified atom stereocenters. The molecule has 0 aromatic heterocycles. The fourth-order valence-corrected chi connectivity index (χ4v) is 2.14. The third kappa shape index (κ3) is 3.40. The molecular formula is C15H16ClFN2O. The number of halogens is 2. The number of methoxy groups -OCH3 is 1. The van der Waals surface area contributed by atoms with E-state index in [4.69, 9.17) is 22.1 Å². The van der Waals surface area contributed by atoms with Crippen molar-refractivity contribution in [3.63, 3.8) is 0 Å². The molecule has 20 heavy (non-hydrogen) atoms. The van der Waals surface area contributed by atoms with Crippen LogP contribution in [-0.4, -0.2) is 13.7 Å². The van der Waals surface area contributed by atoms with E-state index in [9.17, 15) is 4.39 Å². The third-order valence-electron chi connectivity index (χ3n) is 2.98. The highest BCUT2D eigenvalue weighted by molar-refractivity contribution is 6.30. The third-order valence-corrected chi connectivity index (χ3v) is 3.21. The van der Waals surface area contributed by atoms with Crippen molar-refractivity contribution >= 4 is 17.3 Å². The highest BCUT2D eigenvalue weighted by Gasteiger charge is 2.15. The van der Waals surface area contributed by atoms with Gasteiger partial charge in [0.15, 0.2) is 0 Å². The van der Waals surface area contributed by atoms with E-state index in [1.807, 2.05) is 24.3 Å². The fourth-order valence-electron chi connectivity index (χ4n) is 1.96. The summed E-state index contributed by atoms with van der Waals surface area (Å²) >= 11 is 5.91. The second kappa shape index (κ2) is 6.59. The topological polar surface area (TPSA) is 47.3 Å². The van der Waals surface area contributed by atoms with Gasteiger partial charge < -0.3 is 15.8 Å². The molecule has 0 aliphatic heterocycles. The fraction of sp³-hybridized carbons (Fsp3) is 0.200. The maximum Gasteiger partial charge on any atom is 0.128 e. The van der Waals surface area contributed by atoms with E-state index in [1.54, 1.807) is 13.2 Å². The molecule has 0 aliphatic carbocycles. The summed E-state index contributed by atoms with van der Waals surface area (Å²) < 4.78 is 19.0. The maximum atomic E-state index is 13.9. The van der Waals surface area contributed by atoms with E-state index in [0.717, 1.165) is 11.4 Å². The minimum absolute atomic E-state index is 0.245. The van der Waals surface area contributed by atoms with Crippen molar-refractivity contribution in [3.05, 3.63) is 58.9 Å². The molecule has 2 rings (SSSR count). The van der Waals surface area contributed by atoms with Crippen molar-refractivity contribution in [1.82, 2.24) is 0 Å². The number of rotatable bonds is 5. The van der Waals surface area contributed by atoms with Crippen molar-refractivity contribution < 1.29 is 9.13 Å². The number of nitrogens with one attached hydrogen (secondary N) is 1. The summed E-state index contributed by atoms with van der Waals surface area (Å²) in [7, 11) is 1.59. The molecule has 0 spiro atoms. The molecule has 0 fully saturated rings. The SMILES string of the molecule is COc1cccc(NC(CN)c2cc(Cl)ccc2F)c1. The number of hydrogen-bond donors (Lipinski definition) is 2. The Balaban J connectivity index is 2.26. The second-order valence-electron chi connectivity index (χ2n) is 4.33. The smallest absolute Gasteiger partial charge is 0.128 e. The Hall–Kier alpha value is -1.78. The van der Waals surface area contributed by atoms with Crippen LogP contribution in [0.4, 0.5) is 10.1 Å². The van der Waals surface area contributed by atoms with Gasteiger partial charge in [-0.1, -0.05) is 17.7 Å². The number of nitrogens with two attached hydrogens (primary N) is 1. The first-order chi connectivity index (χ1) is 9.63. The Kier molecular flexibility index (Phi) is 4.82. The van der Waals surface area contributed by atoms with Gasteiger partial charge in [0.25, 0.3) is 0 Å². The summed E-state index contributed by atoms with van der Waals surface area (Å²) in [5.74, 6) is 0.387. The van der Waals surface area contributed by atoms with Crippen molar-refractivity contribution in [2.75, 3.05) is 19.0 Å². The van der Waals surface area contributed by atoms with Gasteiger partial charge in [-0.25, -0.2) is 4.39 Å². The zero-order chi connectivity index (χ0) is 14.5. The highest BCUT2D eigenvalue weighted by Crippen LogP contribution is 2.26. The van der Waals surface area contributed by atoms with Crippen LogP contribution in [0.25, 0.3) is 0 Å². The molecule has 0 aliphatic rings. The zero-order valence-electron chi connectivity index (χ0n) is 11.1. The first-order valence-electron chi connectivity index (χ1n) is 6.19. The van der Waals surface area contributed by atoms with Crippen molar-refractivity contribution in [3.8, 4) is 5.75 Å². The Morgan fingerprint density at radius 1 is 1.30 bits per heavy atom. The molecule has 3 N–H and O–H groups in total. The van der Waals surface area contributed by atoms with Gasteiger partial charge in [-0.3, -0.25) is 0 Å². The van der Waals surface area contributed by atoms with Gasteiger partial charge in [0.2, 0.25) is 0 Å². The predicted octanol–water partition coefficient (Wildman–Crippen LogP) is 3.60. The van der Waals surface area contributed by atoms with Gasteiger partial charge in [0.1, 0.15) is 11.6 Å².